The second-order valence-electron chi connectivity index (χ2n) is 3.52. The maximum absolute atomic E-state index is 11.4. The van der Waals surface area contributed by atoms with Gasteiger partial charge in [-0.25, -0.2) is 4.79 Å². The summed E-state index contributed by atoms with van der Waals surface area (Å²) in [4.78, 5) is 11.4. The summed E-state index contributed by atoms with van der Waals surface area (Å²) in [6.45, 7) is 4.03. The van der Waals surface area contributed by atoms with E-state index in [1.807, 2.05) is 6.92 Å². The summed E-state index contributed by atoms with van der Waals surface area (Å²) in [7, 11) is 0. The Morgan fingerprint density at radius 1 is 1.44 bits per heavy atom. The second-order valence-corrected chi connectivity index (χ2v) is 3.52. The van der Waals surface area contributed by atoms with E-state index in [0.29, 0.717) is 17.7 Å². The molecular formula is C13H16O3. The summed E-state index contributed by atoms with van der Waals surface area (Å²) in [6, 6.07) is 6.86. The first-order chi connectivity index (χ1) is 7.65. The average Bonchev–Trinajstić information content (AvgIpc) is 2.28. The Morgan fingerprint density at radius 3 is 2.75 bits per heavy atom. The van der Waals surface area contributed by atoms with E-state index in [1.165, 1.54) is 0 Å². The van der Waals surface area contributed by atoms with Crippen molar-refractivity contribution in [2.45, 2.75) is 20.3 Å². The number of phenolic OH excluding ortho intramolecular Hbond substituents is 1. The van der Waals surface area contributed by atoms with Gasteiger partial charge in [-0.3, -0.25) is 0 Å². The molecule has 0 saturated carbocycles. The van der Waals surface area contributed by atoms with Gasteiger partial charge in [0.1, 0.15) is 5.75 Å². The highest BCUT2D eigenvalue weighted by Gasteiger charge is 2.06. The lowest BCUT2D eigenvalue weighted by Gasteiger charge is -2.03. The molecule has 0 aliphatic heterocycles. The highest BCUT2D eigenvalue weighted by molar-refractivity contribution is 5.93. The monoisotopic (exact) mass is 220 g/mol. The van der Waals surface area contributed by atoms with Crippen LogP contribution < -0.4 is 0 Å². The lowest BCUT2D eigenvalue weighted by molar-refractivity contribution is -0.138. The minimum atomic E-state index is -0.342. The number of carbonyl (C=O) groups excluding carboxylic acids is 1. The minimum absolute atomic E-state index is 0.158. The number of ether oxygens (including phenoxy) is 1. The van der Waals surface area contributed by atoms with Gasteiger partial charge < -0.3 is 9.84 Å². The zero-order valence-electron chi connectivity index (χ0n) is 9.56. The standard InChI is InChI=1S/C13H16O3/c1-3-8-16-13(15)10(2)9-11-6-4-5-7-12(11)14/h4-7,9,14H,3,8H2,1-2H3. The zero-order chi connectivity index (χ0) is 12.0. The fourth-order valence-electron chi connectivity index (χ4n) is 1.21. The van der Waals surface area contributed by atoms with E-state index < -0.39 is 0 Å². The fraction of sp³-hybridized carbons (Fsp3) is 0.308. The quantitative estimate of drug-likeness (QED) is 0.627. The van der Waals surface area contributed by atoms with Gasteiger partial charge in [-0.1, -0.05) is 25.1 Å². The van der Waals surface area contributed by atoms with Crippen LogP contribution in [0.25, 0.3) is 6.08 Å². The SMILES string of the molecule is CCCOC(=O)C(C)=Cc1ccccc1O. The van der Waals surface area contributed by atoms with Crippen molar-refractivity contribution in [3.63, 3.8) is 0 Å². The molecule has 0 saturated heterocycles. The first kappa shape index (κ1) is 12.3. The number of para-hydroxylation sites is 1. The minimum Gasteiger partial charge on any atom is -0.507 e. The third kappa shape index (κ3) is 3.42. The van der Waals surface area contributed by atoms with Gasteiger partial charge in [0, 0.05) is 11.1 Å². The number of esters is 1. The van der Waals surface area contributed by atoms with Crippen LogP contribution in [0.15, 0.2) is 29.8 Å². The molecule has 0 aliphatic rings. The number of phenols is 1. The van der Waals surface area contributed by atoms with Crippen molar-refractivity contribution < 1.29 is 14.6 Å². The van der Waals surface area contributed by atoms with Crippen molar-refractivity contribution in [3.8, 4) is 5.75 Å². The van der Waals surface area contributed by atoms with Gasteiger partial charge in [-0.15, -0.1) is 0 Å². The first-order valence-corrected chi connectivity index (χ1v) is 5.28. The molecule has 3 nitrogen and oxygen atoms in total. The van der Waals surface area contributed by atoms with Crippen molar-refractivity contribution in [3.05, 3.63) is 35.4 Å². The van der Waals surface area contributed by atoms with Crippen LogP contribution in [0.4, 0.5) is 0 Å². The summed E-state index contributed by atoms with van der Waals surface area (Å²) >= 11 is 0. The Morgan fingerprint density at radius 2 is 2.12 bits per heavy atom. The Balaban J connectivity index is 2.77. The summed E-state index contributed by atoms with van der Waals surface area (Å²) < 4.78 is 4.98. The molecule has 16 heavy (non-hydrogen) atoms. The van der Waals surface area contributed by atoms with Crippen molar-refractivity contribution in [2.75, 3.05) is 6.61 Å². The van der Waals surface area contributed by atoms with Crippen LogP contribution in [0.2, 0.25) is 0 Å². The maximum Gasteiger partial charge on any atom is 0.333 e. The Bertz CT molecular complexity index is 394. The first-order valence-electron chi connectivity index (χ1n) is 5.28. The molecule has 1 aromatic carbocycles. The van der Waals surface area contributed by atoms with Crippen LogP contribution in [0, 0.1) is 0 Å². The number of rotatable bonds is 4. The van der Waals surface area contributed by atoms with Crippen LogP contribution in [0.5, 0.6) is 5.75 Å². The molecule has 0 fully saturated rings. The number of hydrogen-bond acceptors (Lipinski definition) is 3. The van der Waals surface area contributed by atoms with Gasteiger partial charge >= 0.3 is 5.97 Å². The van der Waals surface area contributed by atoms with Crippen molar-refractivity contribution >= 4 is 12.0 Å². The summed E-state index contributed by atoms with van der Waals surface area (Å²) in [5.41, 5.74) is 1.10. The third-order valence-corrected chi connectivity index (χ3v) is 2.07. The largest absolute Gasteiger partial charge is 0.507 e. The number of hydrogen-bond donors (Lipinski definition) is 1. The summed E-state index contributed by atoms with van der Waals surface area (Å²) in [6.07, 6.45) is 2.42. The predicted molar refractivity (Wildman–Crippen MR) is 63.0 cm³/mol. The topological polar surface area (TPSA) is 46.5 Å². The van der Waals surface area contributed by atoms with Gasteiger partial charge in [-0.2, -0.15) is 0 Å². The molecule has 0 atom stereocenters. The molecule has 86 valence electrons. The van der Waals surface area contributed by atoms with Crippen LogP contribution in [-0.4, -0.2) is 17.7 Å². The Hall–Kier alpha value is -1.77. The van der Waals surface area contributed by atoms with Crippen LogP contribution >= 0.6 is 0 Å². The zero-order valence-corrected chi connectivity index (χ0v) is 9.56. The maximum atomic E-state index is 11.4. The highest BCUT2D eigenvalue weighted by Crippen LogP contribution is 2.19. The van der Waals surface area contributed by atoms with Gasteiger partial charge in [0.05, 0.1) is 6.61 Å². The highest BCUT2D eigenvalue weighted by atomic mass is 16.5. The normalized spacial score (nSPS) is 11.2. The number of aromatic hydroxyl groups is 1. The summed E-state index contributed by atoms with van der Waals surface area (Å²) in [5.74, 6) is -0.185. The summed E-state index contributed by atoms with van der Waals surface area (Å²) in [5, 5.41) is 9.52. The molecule has 1 N–H and O–H groups in total. The van der Waals surface area contributed by atoms with Gasteiger partial charge in [-0.05, 0) is 25.5 Å². The fourth-order valence-corrected chi connectivity index (χ4v) is 1.21. The van der Waals surface area contributed by atoms with E-state index in [1.54, 1.807) is 37.3 Å². The van der Waals surface area contributed by atoms with E-state index in [-0.39, 0.29) is 11.7 Å². The van der Waals surface area contributed by atoms with Gasteiger partial charge in [0.25, 0.3) is 0 Å². The molecular weight excluding hydrogens is 204 g/mol. The second kappa shape index (κ2) is 5.95. The van der Waals surface area contributed by atoms with Gasteiger partial charge in [0.15, 0.2) is 0 Å². The van der Waals surface area contributed by atoms with E-state index in [2.05, 4.69) is 0 Å². The Kier molecular flexibility index (Phi) is 4.58. The average molecular weight is 220 g/mol. The van der Waals surface area contributed by atoms with Crippen LogP contribution in [0.1, 0.15) is 25.8 Å². The van der Waals surface area contributed by atoms with Crippen LogP contribution in [-0.2, 0) is 9.53 Å². The van der Waals surface area contributed by atoms with Crippen molar-refractivity contribution in [1.29, 1.82) is 0 Å². The lowest BCUT2D eigenvalue weighted by atomic mass is 10.1. The third-order valence-electron chi connectivity index (χ3n) is 2.07. The molecule has 0 spiro atoms. The molecule has 0 heterocycles. The molecule has 3 heteroatoms. The van der Waals surface area contributed by atoms with Crippen LogP contribution in [0.3, 0.4) is 0 Å². The van der Waals surface area contributed by atoms with E-state index >= 15 is 0 Å². The number of carbonyl (C=O) groups is 1. The number of benzene rings is 1. The smallest absolute Gasteiger partial charge is 0.333 e. The molecule has 0 aromatic heterocycles. The lowest BCUT2D eigenvalue weighted by Crippen LogP contribution is -2.06. The molecule has 0 unspecified atom stereocenters. The molecule has 0 aliphatic carbocycles. The van der Waals surface area contributed by atoms with E-state index in [4.69, 9.17) is 4.74 Å². The molecule has 0 radical (unpaired) electrons. The van der Waals surface area contributed by atoms with Crippen molar-refractivity contribution in [1.82, 2.24) is 0 Å². The van der Waals surface area contributed by atoms with Crippen molar-refractivity contribution in [2.24, 2.45) is 0 Å². The van der Waals surface area contributed by atoms with E-state index in [0.717, 1.165) is 6.42 Å². The van der Waals surface area contributed by atoms with Gasteiger partial charge in [0.2, 0.25) is 0 Å². The molecule has 1 aromatic rings. The molecule has 0 bridgehead atoms. The van der Waals surface area contributed by atoms with E-state index in [9.17, 15) is 9.90 Å². The predicted octanol–water partition coefficient (Wildman–Crippen LogP) is 2.75. The molecule has 0 amide bonds. The molecule has 1 rings (SSSR count). The Labute approximate surface area is 95.4 Å².